The van der Waals surface area contributed by atoms with Crippen molar-refractivity contribution in [1.29, 1.82) is 0 Å². The van der Waals surface area contributed by atoms with Crippen molar-refractivity contribution in [3.8, 4) is 0 Å². The van der Waals surface area contributed by atoms with Gasteiger partial charge in [-0.1, -0.05) is 6.92 Å². The Bertz CT molecular complexity index is 671. The highest BCUT2D eigenvalue weighted by Crippen LogP contribution is 2.37. The van der Waals surface area contributed by atoms with E-state index in [1.54, 1.807) is 11.3 Å². The molecule has 2 saturated heterocycles. The molecule has 3 unspecified atom stereocenters. The number of nitrogens with zero attached hydrogens (tertiary/aromatic N) is 2. The van der Waals surface area contributed by atoms with Crippen molar-refractivity contribution >= 4 is 33.3 Å². The molecular formula is C15H20N4OS. The monoisotopic (exact) mass is 304 g/mol. The van der Waals surface area contributed by atoms with Gasteiger partial charge in [0.05, 0.1) is 23.6 Å². The molecule has 2 aromatic heterocycles. The summed E-state index contributed by atoms with van der Waals surface area (Å²) >= 11 is 1.75. The number of ether oxygens (including phenoxy) is 1. The summed E-state index contributed by atoms with van der Waals surface area (Å²) in [6.45, 7) is 2.17. The number of nitrogens with one attached hydrogen (secondary N) is 2. The van der Waals surface area contributed by atoms with E-state index in [0.717, 1.165) is 28.9 Å². The van der Waals surface area contributed by atoms with Crippen LogP contribution in [0.1, 0.15) is 31.1 Å². The zero-order chi connectivity index (χ0) is 14.4. The largest absolute Gasteiger partial charge is 0.373 e. The first-order valence-corrected chi connectivity index (χ1v) is 8.48. The number of anilines is 2. The molecule has 2 bridgehead atoms. The quantitative estimate of drug-likeness (QED) is 0.909. The molecule has 4 heterocycles. The molecule has 2 aliphatic rings. The highest BCUT2D eigenvalue weighted by atomic mass is 32.1. The first-order valence-electron chi connectivity index (χ1n) is 7.67. The Morgan fingerprint density at radius 3 is 2.95 bits per heavy atom. The van der Waals surface area contributed by atoms with Gasteiger partial charge in [-0.2, -0.15) is 4.98 Å². The van der Waals surface area contributed by atoms with Gasteiger partial charge in [-0.3, -0.25) is 0 Å². The first-order chi connectivity index (χ1) is 10.3. The van der Waals surface area contributed by atoms with Crippen molar-refractivity contribution in [2.45, 2.75) is 50.9 Å². The molecule has 0 radical (unpaired) electrons. The van der Waals surface area contributed by atoms with Crippen LogP contribution in [0.4, 0.5) is 11.8 Å². The lowest BCUT2D eigenvalue weighted by molar-refractivity contribution is 0.102. The predicted octanol–water partition coefficient (Wildman–Crippen LogP) is 3.03. The summed E-state index contributed by atoms with van der Waals surface area (Å²) in [6, 6.07) is 2.60. The van der Waals surface area contributed by atoms with E-state index in [4.69, 9.17) is 4.74 Å². The van der Waals surface area contributed by atoms with Crippen LogP contribution >= 0.6 is 11.3 Å². The molecule has 21 heavy (non-hydrogen) atoms. The van der Waals surface area contributed by atoms with Crippen LogP contribution in [0.2, 0.25) is 0 Å². The minimum absolute atomic E-state index is 0.349. The van der Waals surface area contributed by atoms with Gasteiger partial charge in [-0.25, -0.2) is 4.98 Å². The standard InChI is InChI=1S/C15H20N4OS/c1-3-9-7-10-13(18-15(16-2)19-14(10)21-9)17-11-6-8-4-5-12(11)20-8/h7-8,11-12H,3-6H2,1-2H3,(H2,16,17,18,19). The van der Waals surface area contributed by atoms with Crippen LogP contribution in [0.15, 0.2) is 6.07 Å². The van der Waals surface area contributed by atoms with Crippen LogP contribution in [0.3, 0.4) is 0 Å². The van der Waals surface area contributed by atoms with Crippen LogP contribution in [0.25, 0.3) is 10.2 Å². The molecule has 0 aliphatic carbocycles. The third kappa shape index (κ3) is 2.26. The number of hydrogen-bond donors (Lipinski definition) is 2. The first kappa shape index (κ1) is 13.3. The maximum atomic E-state index is 5.93. The van der Waals surface area contributed by atoms with E-state index in [1.165, 1.54) is 17.7 Å². The van der Waals surface area contributed by atoms with Gasteiger partial charge in [0.2, 0.25) is 5.95 Å². The van der Waals surface area contributed by atoms with Crippen LogP contribution in [-0.4, -0.2) is 35.3 Å². The third-order valence-corrected chi connectivity index (χ3v) is 5.62. The molecule has 2 aromatic rings. The normalized spacial score (nSPS) is 27.4. The number of hydrogen-bond acceptors (Lipinski definition) is 6. The molecule has 2 N–H and O–H groups in total. The molecule has 6 heteroatoms. The lowest BCUT2D eigenvalue weighted by atomic mass is 9.95. The van der Waals surface area contributed by atoms with Crippen LogP contribution in [0, 0.1) is 0 Å². The second kappa shape index (κ2) is 5.10. The minimum atomic E-state index is 0.349. The molecule has 0 saturated carbocycles. The van der Waals surface area contributed by atoms with Gasteiger partial charge in [-0.05, 0) is 31.7 Å². The predicted molar refractivity (Wildman–Crippen MR) is 86.3 cm³/mol. The summed E-state index contributed by atoms with van der Waals surface area (Å²) in [4.78, 5) is 11.6. The van der Waals surface area contributed by atoms with Gasteiger partial charge >= 0.3 is 0 Å². The van der Waals surface area contributed by atoms with Crippen LogP contribution in [0.5, 0.6) is 0 Å². The Morgan fingerprint density at radius 2 is 2.29 bits per heavy atom. The zero-order valence-corrected chi connectivity index (χ0v) is 13.2. The van der Waals surface area contributed by atoms with E-state index >= 15 is 0 Å². The molecule has 2 aliphatic heterocycles. The fourth-order valence-electron chi connectivity index (χ4n) is 3.33. The average Bonchev–Trinajstić information content (AvgIpc) is 3.20. The molecule has 2 fully saturated rings. The lowest BCUT2D eigenvalue weighted by Crippen LogP contribution is -2.31. The van der Waals surface area contributed by atoms with Crippen molar-refractivity contribution in [3.63, 3.8) is 0 Å². The van der Waals surface area contributed by atoms with Crippen LogP contribution < -0.4 is 10.6 Å². The van der Waals surface area contributed by atoms with Gasteiger partial charge in [0.15, 0.2) is 0 Å². The highest BCUT2D eigenvalue weighted by molar-refractivity contribution is 7.18. The van der Waals surface area contributed by atoms with E-state index in [9.17, 15) is 0 Å². The average molecular weight is 304 g/mol. The molecule has 0 amide bonds. The van der Waals surface area contributed by atoms with Crippen molar-refractivity contribution in [2.24, 2.45) is 0 Å². The van der Waals surface area contributed by atoms with Crippen LogP contribution in [-0.2, 0) is 11.2 Å². The Kier molecular flexibility index (Phi) is 3.23. The molecule has 0 spiro atoms. The van der Waals surface area contributed by atoms with Gasteiger partial charge in [0, 0.05) is 11.9 Å². The van der Waals surface area contributed by atoms with Gasteiger partial charge < -0.3 is 15.4 Å². The molecule has 3 atom stereocenters. The van der Waals surface area contributed by atoms with E-state index in [2.05, 4.69) is 33.6 Å². The number of rotatable bonds is 4. The van der Waals surface area contributed by atoms with Crippen molar-refractivity contribution in [1.82, 2.24) is 9.97 Å². The minimum Gasteiger partial charge on any atom is -0.373 e. The van der Waals surface area contributed by atoms with Gasteiger partial charge in [-0.15, -0.1) is 11.3 Å². The summed E-state index contributed by atoms with van der Waals surface area (Å²) in [5.41, 5.74) is 0. The lowest BCUT2D eigenvalue weighted by Gasteiger charge is -2.21. The Labute approximate surface area is 128 Å². The van der Waals surface area contributed by atoms with Gasteiger partial charge in [0.1, 0.15) is 10.6 Å². The number of thiophene rings is 1. The van der Waals surface area contributed by atoms with Gasteiger partial charge in [0.25, 0.3) is 0 Å². The molecular weight excluding hydrogens is 284 g/mol. The fraction of sp³-hybridized carbons (Fsp3) is 0.600. The number of fused-ring (bicyclic) bond motifs is 3. The van der Waals surface area contributed by atoms with Crippen molar-refractivity contribution in [3.05, 3.63) is 10.9 Å². The third-order valence-electron chi connectivity index (χ3n) is 4.44. The Morgan fingerprint density at radius 1 is 1.38 bits per heavy atom. The number of aryl methyl sites for hydroxylation is 1. The smallest absolute Gasteiger partial charge is 0.225 e. The summed E-state index contributed by atoms with van der Waals surface area (Å²) in [6.07, 6.45) is 5.30. The Hall–Kier alpha value is -1.40. The summed E-state index contributed by atoms with van der Waals surface area (Å²) in [5, 5.41) is 7.81. The maximum absolute atomic E-state index is 5.93. The zero-order valence-electron chi connectivity index (χ0n) is 12.3. The molecule has 5 nitrogen and oxygen atoms in total. The summed E-state index contributed by atoms with van der Waals surface area (Å²) in [7, 11) is 1.86. The van der Waals surface area contributed by atoms with E-state index < -0.39 is 0 Å². The van der Waals surface area contributed by atoms with Crippen molar-refractivity contribution < 1.29 is 4.74 Å². The van der Waals surface area contributed by atoms with E-state index in [-0.39, 0.29) is 0 Å². The summed E-state index contributed by atoms with van der Waals surface area (Å²) < 4.78 is 5.93. The highest BCUT2D eigenvalue weighted by Gasteiger charge is 2.41. The topological polar surface area (TPSA) is 59.1 Å². The Balaban J connectivity index is 1.70. The SMILES string of the molecule is CCc1cc2c(NC3CC4CCC3O4)nc(NC)nc2s1. The fourth-order valence-corrected chi connectivity index (χ4v) is 4.30. The maximum Gasteiger partial charge on any atom is 0.225 e. The second-order valence-corrected chi connectivity index (χ2v) is 6.91. The molecule has 4 rings (SSSR count). The van der Waals surface area contributed by atoms with E-state index in [1.807, 2.05) is 7.05 Å². The molecule has 0 aromatic carbocycles. The second-order valence-electron chi connectivity index (χ2n) is 5.79. The van der Waals surface area contributed by atoms with E-state index in [0.29, 0.717) is 24.2 Å². The number of aromatic nitrogens is 2. The molecule has 112 valence electrons. The summed E-state index contributed by atoms with van der Waals surface area (Å²) in [5.74, 6) is 1.63. The van der Waals surface area contributed by atoms with Crippen molar-refractivity contribution in [2.75, 3.05) is 17.7 Å².